The summed E-state index contributed by atoms with van der Waals surface area (Å²) >= 11 is 0. The normalized spacial score (nSPS) is 12.8. The summed E-state index contributed by atoms with van der Waals surface area (Å²) in [5, 5.41) is 0. The van der Waals surface area contributed by atoms with Crippen molar-refractivity contribution in [3.63, 3.8) is 0 Å². The average molecular weight is 170 g/mol. The number of carbonyl (C=O) groups is 1. The van der Waals surface area contributed by atoms with Gasteiger partial charge in [-0.15, -0.1) is 0 Å². The molecule has 0 saturated carbocycles. The summed E-state index contributed by atoms with van der Waals surface area (Å²) in [6.45, 7) is 4.35. The molecule has 0 aromatic carbocycles. The average Bonchev–Trinajstić information content (AvgIpc) is 2.10. The maximum absolute atomic E-state index is 10.6. The summed E-state index contributed by atoms with van der Waals surface area (Å²) in [6.07, 6.45) is 9.58. The lowest BCUT2D eigenvalue weighted by Gasteiger charge is -2.07. The minimum absolute atomic E-state index is 0.340. The van der Waals surface area contributed by atoms with Gasteiger partial charge in [-0.3, -0.25) is 0 Å². The molecule has 0 aromatic heterocycles. The standard InChI is InChI=1S/C11H22O/c1-3-5-6-7-9-11(10-12)8-4-2/h10-11H,3-9H2,1-2H3/t11-/m0/s1. The van der Waals surface area contributed by atoms with E-state index < -0.39 is 0 Å². The predicted molar refractivity (Wildman–Crippen MR) is 53.2 cm³/mol. The van der Waals surface area contributed by atoms with Crippen LogP contribution in [-0.4, -0.2) is 6.29 Å². The van der Waals surface area contributed by atoms with Gasteiger partial charge in [-0.2, -0.15) is 0 Å². The van der Waals surface area contributed by atoms with Gasteiger partial charge in [-0.05, 0) is 12.8 Å². The van der Waals surface area contributed by atoms with Gasteiger partial charge in [0, 0.05) is 5.92 Å². The SMILES string of the molecule is CCCCCC[C@@H](C=O)CCC. The quantitative estimate of drug-likeness (QED) is 0.402. The minimum Gasteiger partial charge on any atom is -0.303 e. The number of rotatable bonds is 8. The van der Waals surface area contributed by atoms with Gasteiger partial charge in [-0.25, -0.2) is 0 Å². The van der Waals surface area contributed by atoms with E-state index in [1.165, 1.54) is 25.7 Å². The van der Waals surface area contributed by atoms with Crippen LogP contribution in [0.2, 0.25) is 0 Å². The highest BCUT2D eigenvalue weighted by Gasteiger charge is 2.04. The predicted octanol–water partition coefficient (Wildman–Crippen LogP) is 3.57. The maximum Gasteiger partial charge on any atom is 0.123 e. The fourth-order valence-electron chi connectivity index (χ4n) is 1.48. The van der Waals surface area contributed by atoms with E-state index in [-0.39, 0.29) is 0 Å². The van der Waals surface area contributed by atoms with Gasteiger partial charge in [0.1, 0.15) is 6.29 Å². The Morgan fingerprint density at radius 1 is 1.00 bits per heavy atom. The Balaban J connectivity index is 3.25. The van der Waals surface area contributed by atoms with Gasteiger partial charge in [0.15, 0.2) is 0 Å². The number of carbonyl (C=O) groups excluding carboxylic acids is 1. The largest absolute Gasteiger partial charge is 0.303 e. The molecular formula is C11H22O. The van der Waals surface area contributed by atoms with Crippen molar-refractivity contribution in [3.8, 4) is 0 Å². The fraction of sp³-hybridized carbons (Fsp3) is 0.909. The third kappa shape index (κ3) is 6.38. The summed E-state index contributed by atoms with van der Waals surface area (Å²) in [7, 11) is 0. The maximum atomic E-state index is 10.6. The lowest BCUT2D eigenvalue weighted by molar-refractivity contribution is -0.111. The third-order valence-electron chi connectivity index (χ3n) is 2.28. The molecule has 72 valence electrons. The van der Waals surface area contributed by atoms with Crippen LogP contribution >= 0.6 is 0 Å². The highest BCUT2D eigenvalue weighted by atomic mass is 16.1. The van der Waals surface area contributed by atoms with Crippen molar-refractivity contribution in [2.24, 2.45) is 5.92 Å². The van der Waals surface area contributed by atoms with Crippen LogP contribution in [0.3, 0.4) is 0 Å². The van der Waals surface area contributed by atoms with E-state index in [1.54, 1.807) is 0 Å². The van der Waals surface area contributed by atoms with Crippen LogP contribution in [-0.2, 0) is 4.79 Å². The van der Waals surface area contributed by atoms with Gasteiger partial charge < -0.3 is 4.79 Å². The first-order chi connectivity index (χ1) is 5.85. The topological polar surface area (TPSA) is 17.1 Å². The summed E-state index contributed by atoms with van der Waals surface area (Å²) in [5.41, 5.74) is 0. The van der Waals surface area contributed by atoms with E-state index in [9.17, 15) is 4.79 Å². The van der Waals surface area contributed by atoms with Crippen LogP contribution < -0.4 is 0 Å². The van der Waals surface area contributed by atoms with E-state index in [4.69, 9.17) is 0 Å². The van der Waals surface area contributed by atoms with Crippen molar-refractivity contribution >= 4 is 6.29 Å². The fourth-order valence-corrected chi connectivity index (χ4v) is 1.48. The van der Waals surface area contributed by atoms with Crippen molar-refractivity contribution in [2.45, 2.75) is 58.8 Å². The van der Waals surface area contributed by atoms with Crippen molar-refractivity contribution in [3.05, 3.63) is 0 Å². The molecule has 0 N–H and O–H groups in total. The van der Waals surface area contributed by atoms with Crippen LogP contribution in [0.15, 0.2) is 0 Å². The molecule has 0 spiro atoms. The molecule has 0 aliphatic heterocycles. The third-order valence-corrected chi connectivity index (χ3v) is 2.28. The Morgan fingerprint density at radius 2 is 1.75 bits per heavy atom. The Bertz CT molecular complexity index is 99.2. The number of aldehydes is 1. The lowest BCUT2D eigenvalue weighted by atomic mass is 9.98. The molecule has 1 atom stereocenters. The van der Waals surface area contributed by atoms with E-state index >= 15 is 0 Å². The molecule has 0 saturated heterocycles. The molecule has 0 aromatic rings. The van der Waals surface area contributed by atoms with Crippen molar-refractivity contribution in [1.29, 1.82) is 0 Å². The molecular weight excluding hydrogens is 148 g/mol. The molecule has 0 unspecified atom stereocenters. The first-order valence-electron chi connectivity index (χ1n) is 5.30. The molecule has 1 heteroatoms. The van der Waals surface area contributed by atoms with Gasteiger partial charge in [-0.1, -0.05) is 46.0 Å². The molecule has 0 aliphatic carbocycles. The smallest absolute Gasteiger partial charge is 0.123 e. The van der Waals surface area contributed by atoms with Crippen molar-refractivity contribution in [2.75, 3.05) is 0 Å². The van der Waals surface area contributed by atoms with Gasteiger partial charge >= 0.3 is 0 Å². The monoisotopic (exact) mass is 170 g/mol. The molecule has 0 fully saturated rings. The van der Waals surface area contributed by atoms with Gasteiger partial charge in [0.25, 0.3) is 0 Å². The van der Waals surface area contributed by atoms with E-state index in [1.807, 2.05) is 0 Å². The zero-order valence-electron chi connectivity index (χ0n) is 8.51. The van der Waals surface area contributed by atoms with E-state index in [2.05, 4.69) is 13.8 Å². The number of unbranched alkanes of at least 4 members (excludes halogenated alkanes) is 3. The number of hydrogen-bond acceptors (Lipinski definition) is 1. The molecule has 1 nitrogen and oxygen atoms in total. The molecule has 12 heavy (non-hydrogen) atoms. The molecule has 0 aliphatic rings. The van der Waals surface area contributed by atoms with Crippen LogP contribution in [0.25, 0.3) is 0 Å². The molecule has 0 amide bonds. The highest BCUT2D eigenvalue weighted by Crippen LogP contribution is 2.13. The van der Waals surface area contributed by atoms with Crippen LogP contribution in [0, 0.1) is 5.92 Å². The molecule has 0 bridgehead atoms. The summed E-state index contributed by atoms with van der Waals surface area (Å²) in [4.78, 5) is 10.6. The Hall–Kier alpha value is -0.330. The first-order valence-corrected chi connectivity index (χ1v) is 5.30. The highest BCUT2D eigenvalue weighted by molar-refractivity contribution is 5.53. The van der Waals surface area contributed by atoms with Crippen LogP contribution in [0.1, 0.15) is 58.8 Å². The zero-order chi connectivity index (χ0) is 9.23. The second kappa shape index (κ2) is 8.76. The number of hydrogen-bond donors (Lipinski definition) is 0. The van der Waals surface area contributed by atoms with Gasteiger partial charge in [0.2, 0.25) is 0 Å². The Labute approximate surface area is 76.6 Å². The Morgan fingerprint density at radius 3 is 2.25 bits per heavy atom. The zero-order valence-corrected chi connectivity index (χ0v) is 8.51. The van der Waals surface area contributed by atoms with Crippen LogP contribution in [0.4, 0.5) is 0 Å². The second-order valence-electron chi connectivity index (χ2n) is 3.53. The minimum atomic E-state index is 0.340. The molecule has 0 rings (SSSR count). The first kappa shape index (κ1) is 11.7. The molecule has 0 heterocycles. The van der Waals surface area contributed by atoms with Crippen molar-refractivity contribution in [1.82, 2.24) is 0 Å². The summed E-state index contributed by atoms with van der Waals surface area (Å²) in [6, 6.07) is 0. The van der Waals surface area contributed by atoms with E-state index in [0.717, 1.165) is 25.5 Å². The van der Waals surface area contributed by atoms with Gasteiger partial charge in [0.05, 0.1) is 0 Å². The second-order valence-corrected chi connectivity index (χ2v) is 3.53. The lowest BCUT2D eigenvalue weighted by Crippen LogP contribution is -2.00. The van der Waals surface area contributed by atoms with Crippen molar-refractivity contribution < 1.29 is 4.79 Å². The van der Waals surface area contributed by atoms with Crippen LogP contribution in [0.5, 0.6) is 0 Å². The Kier molecular flexibility index (Phi) is 8.52. The summed E-state index contributed by atoms with van der Waals surface area (Å²) in [5.74, 6) is 0.340. The summed E-state index contributed by atoms with van der Waals surface area (Å²) < 4.78 is 0. The molecule has 0 radical (unpaired) electrons. The van der Waals surface area contributed by atoms with E-state index in [0.29, 0.717) is 5.92 Å².